The predicted octanol–water partition coefficient (Wildman–Crippen LogP) is -5.87. The van der Waals surface area contributed by atoms with E-state index in [1.165, 1.54) is 59.3 Å². The van der Waals surface area contributed by atoms with Crippen molar-refractivity contribution in [3.63, 3.8) is 0 Å². The van der Waals surface area contributed by atoms with Gasteiger partial charge in [-0.2, -0.15) is 0 Å². The van der Waals surface area contributed by atoms with Crippen LogP contribution in [-0.2, 0) is 101 Å². The van der Waals surface area contributed by atoms with E-state index in [4.69, 9.17) is 17.2 Å². The molecule has 686 valence electrons. The normalized spacial score (nSPS) is 25.7. The second-order valence-corrected chi connectivity index (χ2v) is 32.6. The molecule has 0 spiro atoms. The minimum atomic E-state index is -1.90. The largest absolute Gasteiger partial charge is 0.508 e. The van der Waals surface area contributed by atoms with Gasteiger partial charge in [-0.05, 0) is 106 Å². The number of unbranched alkanes of at least 4 members (excludes halogenated alkanes) is 2. The van der Waals surface area contributed by atoms with Crippen LogP contribution in [-0.4, -0.2) is 330 Å². The molecule has 2 aromatic heterocycles. The highest BCUT2D eigenvalue weighted by Crippen LogP contribution is 2.27. The van der Waals surface area contributed by atoms with E-state index >= 15 is 9.59 Å². The number of benzene rings is 3. The lowest BCUT2D eigenvalue weighted by molar-refractivity contribution is -0.148. The third kappa shape index (κ3) is 26.6. The van der Waals surface area contributed by atoms with Crippen molar-refractivity contribution in [1.82, 2.24) is 87.6 Å². The number of carbonyl (C=O) groups excluding carboxylic acids is 17. The van der Waals surface area contributed by atoms with Gasteiger partial charge < -0.3 is 130 Å². The Labute approximate surface area is 730 Å². The first-order valence-corrected chi connectivity index (χ1v) is 42.8. The molecule has 3 fully saturated rings. The molecule has 42 nitrogen and oxygen atoms in total. The molecule has 0 saturated carbocycles. The molecule has 3 saturated heterocycles. The van der Waals surface area contributed by atoms with Crippen LogP contribution in [0.4, 0.5) is 0 Å². The number of likely N-dealkylation sites (N-methyl/N-ethyl adjacent to an activating group) is 3. The van der Waals surface area contributed by atoms with Crippen molar-refractivity contribution >= 4 is 134 Å². The number of rotatable bonds is 22. The smallest absolute Gasteiger partial charge is 0.246 e. The molecule has 5 heterocycles. The summed E-state index contributed by atoms with van der Waals surface area (Å²) in [6.45, 7) is 0.106. The summed E-state index contributed by atoms with van der Waals surface area (Å²) in [6.07, 6.45) is 0.142. The van der Waals surface area contributed by atoms with E-state index in [2.05, 4.69) is 63.1 Å². The molecule has 1 unspecified atom stereocenters. The van der Waals surface area contributed by atoms with Gasteiger partial charge in [0.15, 0.2) is 0 Å². The molecule has 17 amide bonds. The van der Waals surface area contributed by atoms with Crippen LogP contribution in [0, 0.1) is 0 Å². The molecule has 15 atom stereocenters. The van der Waals surface area contributed by atoms with E-state index in [1.54, 1.807) is 67.8 Å². The number of carbonyl (C=O) groups is 17. The van der Waals surface area contributed by atoms with Gasteiger partial charge in [-0.25, -0.2) is 0 Å². The van der Waals surface area contributed by atoms with Crippen LogP contribution in [0.15, 0.2) is 85.2 Å². The maximum absolute atomic E-state index is 15.2. The Balaban J connectivity index is 1.15. The monoisotopic (exact) mass is 1780 g/mol. The Morgan fingerprint density at radius 2 is 1.04 bits per heavy atom. The second-order valence-electron chi connectivity index (χ2n) is 31.6. The summed E-state index contributed by atoms with van der Waals surface area (Å²) in [5.41, 5.74) is 19.5. The lowest BCUT2D eigenvalue weighted by atomic mass is 10.0. The zero-order valence-electron chi connectivity index (χ0n) is 71.1. The zero-order valence-corrected chi connectivity index (χ0v) is 71.9. The number of amides is 17. The number of aromatic hydroxyl groups is 1. The van der Waals surface area contributed by atoms with Crippen molar-refractivity contribution < 1.29 is 107 Å². The third-order valence-electron chi connectivity index (χ3n) is 22.6. The number of para-hydroxylation sites is 2. The van der Waals surface area contributed by atoms with Crippen molar-refractivity contribution in [3.8, 4) is 5.75 Å². The number of fused-ring (bicyclic) bond motifs is 4. The maximum atomic E-state index is 15.2. The predicted molar refractivity (Wildman–Crippen MR) is 457 cm³/mol. The first kappa shape index (κ1) is 99.1. The fourth-order valence-corrected chi connectivity index (χ4v) is 16.1. The van der Waals surface area contributed by atoms with Gasteiger partial charge in [0.05, 0.1) is 38.0 Å². The molecule has 3 aliphatic heterocycles. The fourth-order valence-electron chi connectivity index (χ4n) is 15.2. The Hall–Kier alpha value is -12.3. The second kappa shape index (κ2) is 47.1. The average Bonchev–Trinajstić information content (AvgIpc) is 1.62. The van der Waals surface area contributed by atoms with Gasteiger partial charge >= 0.3 is 0 Å². The van der Waals surface area contributed by atoms with Crippen LogP contribution >= 0.6 is 11.8 Å². The number of H-pyrrole nitrogens is 2. The third-order valence-corrected chi connectivity index (χ3v) is 23.6. The van der Waals surface area contributed by atoms with E-state index < -0.39 is 255 Å². The summed E-state index contributed by atoms with van der Waals surface area (Å²) >= 11 is 0.770. The van der Waals surface area contributed by atoms with Gasteiger partial charge in [0.1, 0.15) is 90.3 Å². The van der Waals surface area contributed by atoms with Crippen LogP contribution in [0.1, 0.15) is 108 Å². The maximum Gasteiger partial charge on any atom is 0.246 e. The Bertz CT molecular complexity index is 4740. The van der Waals surface area contributed by atoms with E-state index in [1.807, 2.05) is 0 Å². The summed E-state index contributed by atoms with van der Waals surface area (Å²) in [7, 11) is 3.76. The molecule has 0 bridgehead atoms. The fraction of sp³-hybridized carbons (Fsp3) is 0.530. The number of aromatic amines is 2. The first-order valence-electron chi connectivity index (χ1n) is 41.7. The summed E-state index contributed by atoms with van der Waals surface area (Å²) < 4.78 is 0. The Morgan fingerprint density at radius 1 is 0.516 bits per heavy atom. The number of hydrogen-bond acceptors (Lipinski definition) is 24. The van der Waals surface area contributed by atoms with E-state index in [-0.39, 0.29) is 76.6 Å². The minimum absolute atomic E-state index is 0.0745. The van der Waals surface area contributed by atoms with Crippen LogP contribution in [0.25, 0.3) is 21.8 Å². The van der Waals surface area contributed by atoms with Crippen molar-refractivity contribution in [2.24, 2.45) is 17.2 Å². The average molecular weight is 1780 g/mol. The SMILES string of the molecule is CCCC[C@H]1C(=O)N[C@@H](CC(N)=O)C(=O)N2CCC[C@H]2C(=O)N[C@@H](CO)C(=O)N[C@@H](CCO)C(=O)N2C[C@H](O)C[C@H]2C(=O)N[C@@H](Cc2c[nH]c3ccccc23)C(=O)N[C@@H](CO)C(=O)N[C@@H](Cc2c[nH]c3ccccc23)C(=O)N(C)[C@@H](C)C(=O)N(C)[C@@H](C)C(=O)N[C@@H](CCCCN)C(=O)NC(C(=O)NCC(N)=O)CSCC(=O)N[C@@H](Cc2ccc(O)cc2)C(=O)N1C. The molecule has 126 heavy (non-hydrogen) atoms. The minimum Gasteiger partial charge on any atom is -0.508 e. The molecule has 0 radical (unpaired) electrons. The molecular weight excluding hydrogens is 1660 g/mol. The van der Waals surface area contributed by atoms with Gasteiger partial charge in [0.2, 0.25) is 100 Å². The first-order chi connectivity index (χ1) is 60.0. The lowest BCUT2D eigenvalue weighted by Gasteiger charge is -2.34. The number of nitrogens with two attached hydrogens (primary N) is 3. The Kier molecular flexibility index (Phi) is 37.1. The van der Waals surface area contributed by atoms with Gasteiger partial charge in [-0.3, -0.25) is 81.5 Å². The number of nitrogens with zero attached hydrogens (tertiary/aromatic N) is 5. The van der Waals surface area contributed by atoms with Gasteiger partial charge in [-0.15, -0.1) is 11.8 Å². The highest BCUT2D eigenvalue weighted by Gasteiger charge is 2.46. The number of hydrogen-bond donors (Lipinski definition) is 20. The number of phenolic OH excluding ortho intramolecular Hbond substituents is 1. The van der Waals surface area contributed by atoms with Crippen LogP contribution in [0.3, 0.4) is 0 Å². The van der Waals surface area contributed by atoms with Gasteiger partial charge in [-0.1, -0.05) is 68.3 Å². The zero-order chi connectivity index (χ0) is 92.3. The molecule has 23 N–H and O–H groups in total. The summed E-state index contributed by atoms with van der Waals surface area (Å²) in [5.74, 6) is -18.1. The number of aliphatic hydroxyl groups excluding tert-OH is 4. The number of phenols is 1. The summed E-state index contributed by atoms with van der Waals surface area (Å²) in [5, 5.41) is 80.0. The van der Waals surface area contributed by atoms with E-state index in [9.17, 15) is 97.5 Å². The number of aliphatic hydroxyl groups is 4. The van der Waals surface area contributed by atoms with E-state index in [0.29, 0.717) is 51.3 Å². The highest BCUT2D eigenvalue weighted by molar-refractivity contribution is 8.00. The van der Waals surface area contributed by atoms with Gasteiger partial charge in [0.25, 0.3) is 0 Å². The standard InChI is InChI=1S/C83H116N20O22S/c1-7-8-21-64-76(118)95-60(35-67(85)109)83(125)102-29-15-22-65(102)77(119)97-62(41-106)74(116)92-56(27-30-104)82(124)103-39-50(108)34-66(103)78(120)93-57(32-47-36-87-53-18-11-9-16-51(47)53)73(115)96-61(40-105)75(117)94-59(33-48-37-88-54-19-12-10-17-52(48)54)80(122)100(5)45(3)79(121)99(4)44(2)70(112)91-55(20-13-14-28-84)72(114)98-63(71(113)89-38-68(86)110)42-126-43-69(111)90-58(81(123)101(64)6)31-46-23-25-49(107)26-24-46/h9-12,16-19,23-26,36-37,44-45,50,55-66,87-88,104-108H,7-8,13-15,20-22,27-35,38-43,84H2,1-6H3,(H2,85,109)(H2,86,110)(H,89,113)(H,90,111)(H,91,112)(H,92,116)(H,93,120)(H,94,117)(H,95,118)(H,96,115)(H,97,119)(H,98,114)/t44-,45-,50+,55-,56-,57-,58-,59-,60-,61-,62-,63?,64-,65-,66-/m0/s1. The summed E-state index contributed by atoms with van der Waals surface area (Å²) in [4.78, 5) is 256. The Morgan fingerprint density at radius 3 is 1.63 bits per heavy atom. The topological polar surface area (TPSA) is 637 Å². The van der Waals surface area contributed by atoms with Gasteiger partial charge in [0, 0.05) is 106 Å². The molecular formula is C83H116N20O22S. The van der Waals surface area contributed by atoms with Crippen LogP contribution in [0.2, 0.25) is 0 Å². The van der Waals surface area contributed by atoms with Crippen molar-refractivity contribution in [3.05, 3.63) is 102 Å². The van der Waals surface area contributed by atoms with E-state index in [0.717, 1.165) is 36.3 Å². The lowest BCUT2D eigenvalue weighted by Crippen LogP contribution is -2.61. The number of thioether (sulfide) groups is 1. The van der Waals surface area contributed by atoms with Crippen molar-refractivity contribution in [1.29, 1.82) is 0 Å². The summed E-state index contributed by atoms with van der Waals surface area (Å²) in [6, 6.07) is -3.20. The van der Waals surface area contributed by atoms with Crippen LogP contribution < -0.4 is 70.4 Å². The molecule has 8 rings (SSSR count). The molecule has 3 aromatic carbocycles. The molecule has 5 aromatic rings. The molecule has 3 aliphatic rings. The number of primary amides is 2. The number of nitrogens with one attached hydrogen (secondary N) is 12. The van der Waals surface area contributed by atoms with Crippen LogP contribution in [0.5, 0.6) is 5.75 Å². The number of aromatic nitrogens is 2. The van der Waals surface area contributed by atoms with Crippen molar-refractivity contribution in [2.45, 2.75) is 201 Å². The molecule has 0 aliphatic carbocycles. The highest BCUT2D eigenvalue weighted by atomic mass is 32.2. The van der Waals surface area contributed by atoms with Crippen molar-refractivity contribution in [2.75, 3.05) is 78.6 Å². The molecule has 43 heteroatoms. The quantitative estimate of drug-likeness (QED) is 0.0287.